The fourth-order valence-electron chi connectivity index (χ4n) is 2.44. The first-order valence-electron chi connectivity index (χ1n) is 7.25. The van der Waals surface area contributed by atoms with Crippen molar-refractivity contribution >= 4 is 28.3 Å². The van der Waals surface area contributed by atoms with Crippen LogP contribution < -0.4 is 10.2 Å². The van der Waals surface area contributed by atoms with E-state index in [2.05, 4.69) is 21.4 Å². The van der Waals surface area contributed by atoms with Crippen LogP contribution in [0.25, 0.3) is 0 Å². The smallest absolute Gasteiger partial charge is 0.323 e. The number of urea groups is 1. The van der Waals surface area contributed by atoms with E-state index < -0.39 is 0 Å². The molecular formula is C15H16N6OS. The quantitative estimate of drug-likeness (QED) is 0.912. The lowest BCUT2D eigenvalue weighted by Crippen LogP contribution is -2.50. The molecule has 0 radical (unpaired) electrons. The van der Waals surface area contributed by atoms with E-state index in [0.717, 1.165) is 5.69 Å². The topological polar surface area (TPSA) is 85.2 Å². The second-order valence-electron chi connectivity index (χ2n) is 5.18. The number of carbonyl (C=O) groups excluding carboxylic acids is 1. The molecule has 1 fully saturated rings. The molecule has 23 heavy (non-hydrogen) atoms. The Balaban J connectivity index is 1.60. The molecule has 2 aromatic rings. The van der Waals surface area contributed by atoms with E-state index in [4.69, 9.17) is 5.26 Å². The normalized spacial score (nSPS) is 14.4. The Morgan fingerprint density at radius 2 is 2.17 bits per heavy atom. The Morgan fingerprint density at radius 3 is 2.83 bits per heavy atom. The molecule has 8 heteroatoms. The SMILES string of the molecule is Cc1csc(NC(=O)N2CCN(c3ncccc3C#N)CC2)n1. The predicted octanol–water partition coefficient (Wildman–Crippen LogP) is 2.07. The number of piperazine rings is 1. The van der Waals surface area contributed by atoms with Gasteiger partial charge >= 0.3 is 6.03 Å². The Labute approximate surface area is 138 Å². The molecule has 0 atom stereocenters. The minimum atomic E-state index is -0.138. The fraction of sp³-hybridized carbons (Fsp3) is 0.333. The largest absolute Gasteiger partial charge is 0.352 e. The summed E-state index contributed by atoms with van der Waals surface area (Å²) in [5.41, 5.74) is 1.46. The number of hydrogen-bond acceptors (Lipinski definition) is 6. The summed E-state index contributed by atoms with van der Waals surface area (Å²) in [4.78, 5) is 24.6. The summed E-state index contributed by atoms with van der Waals surface area (Å²) in [6.45, 7) is 4.35. The van der Waals surface area contributed by atoms with Crippen LogP contribution in [0.15, 0.2) is 23.7 Å². The number of hydrogen-bond donors (Lipinski definition) is 1. The maximum atomic E-state index is 12.2. The molecule has 1 aliphatic rings. The minimum absolute atomic E-state index is 0.138. The lowest BCUT2D eigenvalue weighted by molar-refractivity contribution is 0.208. The molecule has 1 saturated heterocycles. The Kier molecular flexibility index (Phi) is 4.39. The molecule has 1 N–H and O–H groups in total. The van der Waals surface area contributed by atoms with Crippen molar-refractivity contribution in [2.75, 3.05) is 36.4 Å². The second kappa shape index (κ2) is 6.62. The number of rotatable bonds is 2. The molecule has 0 aliphatic carbocycles. The highest BCUT2D eigenvalue weighted by atomic mass is 32.1. The van der Waals surface area contributed by atoms with E-state index in [1.807, 2.05) is 17.2 Å². The minimum Gasteiger partial charge on any atom is -0.352 e. The van der Waals surface area contributed by atoms with E-state index in [-0.39, 0.29) is 6.03 Å². The van der Waals surface area contributed by atoms with Gasteiger partial charge in [0.05, 0.1) is 11.3 Å². The fourth-order valence-corrected chi connectivity index (χ4v) is 3.12. The summed E-state index contributed by atoms with van der Waals surface area (Å²) >= 11 is 1.42. The number of nitrogens with zero attached hydrogens (tertiary/aromatic N) is 5. The molecule has 0 bridgehead atoms. The van der Waals surface area contributed by atoms with Gasteiger partial charge in [-0.2, -0.15) is 5.26 Å². The van der Waals surface area contributed by atoms with Gasteiger partial charge in [0.25, 0.3) is 0 Å². The number of pyridine rings is 1. The highest BCUT2D eigenvalue weighted by molar-refractivity contribution is 7.13. The molecule has 0 spiro atoms. The molecule has 118 valence electrons. The summed E-state index contributed by atoms with van der Waals surface area (Å²) in [5, 5.41) is 14.5. The van der Waals surface area contributed by atoms with Gasteiger partial charge < -0.3 is 9.80 Å². The van der Waals surface area contributed by atoms with Crippen molar-refractivity contribution < 1.29 is 4.79 Å². The van der Waals surface area contributed by atoms with Crippen LogP contribution in [-0.2, 0) is 0 Å². The molecule has 0 aromatic carbocycles. The maximum Gasteiger partial charge on any atom is 0.323 e. The van der Waals surface area contributed by atoms with Crippen LogP contribution in [0.1, 0.15) is 11.3 Å². The van der Waals surface area contributed by atoms with Crippen LogP contribution in [0.4, 0.5) is 15.7 Å². The standard InChI is InChI=1S/C15H16N6OS/c1-11-10-23-14(18-11)19-15(22)21-7-5-20(6-8-21)13-12(9-16)3-2-4-17-13/h2-4,10H,5-8H2,1H3,(H,18,19,22). The van der Waals surface area contributed by atoms with Crippen LogP contribution in [-0.4, -0.2) is 47.1 Å². The predicted molar refractivity (Wildman–Crippen MR) is 88.6 cm³/mol. The average Bonchev–Trinajstić information content (AvgIpc) is 3.00. The molecule has 0 saturated carbocycles. The third-order valence-electron chi connectivity index (χ3n) is 3.61. The Hall–Kier alpha value is -2.66. The summed E-state index contributed by atoms with van der Waals surface area (Å²) in [6, 6.07) is 5.53. The molecule has 2 amide bonds. The first-order valence-corrected chi connectivity index (χ1v) is 8.13. The van der Waals surface area contributed by atoms with Crippen LogP contribution >= 0.6 is 11.3 Å². The van der Waals surface area contributed by atoms with Gasteiger partial charge in [0, 0.05) is 37.8 Å². The number of nitriles is 1. The zero-order valence-corrected chi connectivity index (χ0v) is 13.5. The van der Waals surface area contributed by atoms with Crippen molar-refractivity contribution in [2.24, 2.45) is 0 Å². The molecule has 7 nitrogen and oxygen atoms in total. The zero-order chi connectivity index (χ0) is 16.2. The average molecular weight is 328 g/mol. The molecule has 1 aliphatic heterocycles. The van der Waals surface area contributed by atoms with Gasteiger partial charge in [0.1, 0.15) is 11.9 Å². The lowest BCUT2D eigenvalue weighted by Gasteiger charge is -2.35. The van der Waals surface area contributed by atoms with Crippen LogP contribution in [0.2, 0.25) is 0 Å². The van der Waals surface area contributed by atoms with Gasteiger partial charge in [-0.3, -0.25) is 5.32 Å². The molecule has 2 aromatic heterocycles. The van der Waals surface area contributed by atoms with E-state index in [1.165, 1.54) is 11.3 Å². The highest BCUT2D eigenvalue weighted by Gasteiger charge is 2.23. The lowest BCUT2D eigenvalue weighted by atomic mass is 10.2. The number of aromatic nitrogens is 2. The van der Waals surface area contributed by atoms with Gasteiger partial charge in [0.15, 0.2) is 5.13 Å². The van der Waals surface area contributed by atoms with E-state index in [1.54, 1.807) is 23.2 Å². The zero-order valence-electron chi connectivity index (χ0n) is 12.7. The number of nitrogens with one attached hydrogen (secondary N) is 1. The number of thiazole rings is 1. The van der Waals surface area contributed by atoms with Crippen LogP contribution in [0, 0.1) is 18.3 Å². The third kappa shape index (κ3) is 3.40. The molecule has 3 rings (SSSR count). The number of anilines is 2. The van der Waals surface area contributed by atoms with Crippen LogP contribution in [0.5, 0.6) is 0 Å². The number of carbonyl (C=O) groups is 1. The van der Waals surface area contributed by atoms with Crippen molar-refractivity contribution in [3.05, 3.63) is 35.0 Å². The third-order valence-corrected chi connectivity index (χ3v) is 4.48. The summed E-state index contributed by atoms with van der Waals surface area (Å²) in [7, 11) is 0. The first-order chi connectivity index (χ1) is 11.2. The Morgan fingerprint density at radius 1 is 1.39 bits per heavy atom. The van der Waals surface area contributed by atoms with Crippen molar-refractivity contribution in [3.8, 4) is 6.07 Å². The molecule has 0 unspecified atom stereocenters. The van der Waals surface area contributed by atoms with Crippen molar-refractivity contribution in [2.45, 2.75) is 6.92 Å². The second-order valence-corrected chi connectivity index (χ2v) is 6.04. The molecular weight excluding hydrogens is 312 g/mol. The van der Waals surface area contributed by atoms with Crippen molar-refractivity contribution in [1.82, 2.24) is 14.9 Å². The van der Waals surface area contributed by atoms with Gasteiger partial charge in [-0.25, -0.2) is 14.8 Å². The van der Waals surface area contributed by atoms with E-state index in [0.29, 0.717) is 42.7 Å². The summed E-state index contributed by atoms with van der Waals surface area (Å²) in [6.07, 6.45) is 1.68. The molecule has 3 heterocycles. The Bertz CT molecular complexity index is 744. The van der Waals surface area contributed by atoms with Gasteiger partial charge in [-0.15, -0.1) is 11.3 Å². The number of amides is 2. The summed E-state index contributed by atoms with van der Waals surface area (Å²) in [5.74, 6) is 0.686. The first kappa shape index (κ1) is 15.2. The highest BCUT2D eigenvalue weighted by Crippen LogP contribution is 2.19. The van der Waals surface area contributed by atoms with Gasteiger partial charge in [0.2, 0.25) is 0 Å². The van der Waals surface area contributed by atoms with E-state index >= 15 is 0 Å². The van der Waals surface area contributed by atoms with Gasteiger partial charge in [-0.1, -0.05) is 0 Å². The number of aryl methyl sites for hydroxylation is 1. The van der Waals surface area contributed by atoms with Crippen molar-refractivity contribution in [1.29, 1.82) is 5.26 Å². The monoisotopic (exact) mass is 328 g/mol. The van der Waals surface area contributed by atoms with Gasteiger partial charge in [-0.05, 0) is 19.1 Å². The van der Waals surface area contributed by atoms with Crippen LogP contribution in [0.3, 0.4) is 0 Å². The maximum absolute atomic E-state index is 12.2. The summed E-state index contributed by atoms with van der Waals surface area (Å²) < 4.78 is 0. The van der Waals surface area contributed by atoms with Crippen molar-refractivity contribution in [3.63, 3.8) is 0 Å². The van der Waals surface area contributed by atoms with E-state index in [9.17, 15) is 4.79 Å².